The maximum atomic E-state index is 12.3. The number of nitrogens with one attached hydrogen (secondary N) is 1. The summed E-state index contributed by atoms with van der Waals surface area (Å²) in [7, 11) is 0. The van der Waals surface area contributed by atoms with Gasteiger partial charge in [-0.25, -0.2) is 0 Å². The van der Waals surface area contributed by atoms with Gasteiger partial charge in [0, 0.05) is 0 Å². The maximum Gasteiger partial charge on any atom is 0.411 e. The molecule has 14 heavy (non-hydrogen) atoms. The topological polar surface area (TPSA) is 55.1 Å². The minimum absolute atomic E-state index is 0.0699. The van der Waals surface area contributed by atoms with Crippen LogP contribution >= 0.6 is 12.2 Å². The van der Waals surface area contributed by atoms with Gasteiger partial charge in [-0.3, -0.25) is 4.79 Å². The summed E-state index contributed by atoms with van der Waals surface area (Å²) in [6.45, 7) is 0. The number of halogens is 3. The Labute approximate surface area is 83.8 Å². The molecule has 1 aliphatic rings. The van der Waals surface area contributed by atoms with Crippen molar-refractivity contribution in [1.29, 1.82) is 0 Å². The third-order valence-corrected chi connectivity index (χ3v) is 2.15. The number of hydrogen-bond acceptors (Lipinski definition) is 2. The van der Waals surface area contributed by atoms with Gasteiger partial charge < -0.3 is 11.1 Å². The van der Waals surface area contributed by atoms with E-state index in [1.165, 1.54) is 0 Å². The van der Waals surface area contributed by atoms with Crippen LogP contribution in [-0.4, -0.2) is 22.6 Å². The first-order chi connectivity index (χ1) is 6.27. The van der Waals surface area contributed by atoms with Gasteiger partial charge in [0.2, 0.25) is 5.91 Å². The number of carbonyl (C=O) groups is 1. The fourth-order valence-electron chi connectivity index (χ4n) is 1.07. The Kier molecular flexibility index (Phi) is 2.71. The van der Waals surface area contributed by atoms with E-state index >= 15 is 0 Å². The van der Waals surface area contributed by atoms with E-state index < -0.39 is 17.6 Å². The molecular formula is C7H9F3N2OS. The average Bonchev–Trinajstić information content (AvgIpc) is 2.64. The predicted molar refractivity (Wildman–Crippen MR) is 47.6 cm³/mol. The molecule has 1 saturated carbocycles. The van der Waals surface area contributed by atoms with E-state index in [4.69, 9.17) is 5.73 Å². The summed E-state index contributed by atoms with van der Waals surface area (Å²) >= 11 is 4.41. The smallest absolute Gasteiger partial charge is 0.393 e. The van der Waals surface area contributed by atoms with Gasteiger partial charge >= 0.3 is 6.18 Å². The van der Waals surface area contributed by atoms with E-state index in [1.807, 2.05) is 5.32 Å². The molecule has 0 spiro atoms. The van der Waals surface area contributed by atoms with Crippen molar-refractivity contribution in [3.05, 3.63) is 0 Å². The van der Waals surface area contributed by atoms with Gasteiger partial charge in [-0.1, -0.05) is 12.2 Å². The maximum absolute atomic E-state index is 12.3. The summed E-state index contributed by atoms with van der Waals surface area (Å²) < 4.78 is 36.9. The van der Waals surface area contributed by atoms with Crippen LogP contribution in [0, 0.1) is 0 Å². The Balaban J connectivity index is 2.53. The highest BCUT2D eigenvalue weighted by molar-refractivity contribution is 7.80. The second kappa shape index (κ2) is 3.38. The van der Waals surface area contributed by atoms with Crippen LogP contribution in [0.15, 0.2) is 0 Å². The highest BCUT2D eigenvalue weighted by Crippen LogP contribution is 2.48. The molecule has 0 aromatic heterocycles. The molecule has 0 heterocycles. The quantitative estimate of drug-likeness (QED) is 0.702. The lowest BCUT2D eigenvalue weighted by Gasteiger charge is -2.20. The molecule has 80 valence electrons. The predicted octanol–water partition coefficient (Wildman–Crippen LogP) is 0.874. The van der Waals surface area contributed by atoms with Gasteiger partial charge in [0.05, 0.1) is 11.4 Å². The molecule has 7 heteroatoms. The molecule has 0 saturated heterocycles. The number of thiocarbonyl (C=S) groups is 1. The van der Waals surface area contributed by atoms with Crippen LogP contribution in [0.2, 0.25) is 0 Å². The number of nitrogens with two attached hydrogens (primary N) is 1. The van der Waals surface area contributed by atoms with Crippen molar-refractivity contribution in [2.24, 2.45) is 5.73 Å². The SMILES string of the molecule is NC(=S)CC(=O)NC1(C(F)(F)F)CC1. The lowest BCUT2D eigenvalue weighted by atomic mass is 10.2. The fraction of sp³-hybridized carbons (Fsp3) is 0.714. The van der Waals surface area contributed by atoms with Crippen molar-refractivity contribution in [3.8, 4) is 0 Å². The lowest BCUT2D eigenvalue weighted by molar-refractivity contribution is -0.170. The zero-order valence-corrected chi connectivity index (χ0v) is 7.97. The van der Waals surface area contributed by atoms with Gasteiger partial charge in [0.15, 0.2) is 0 Å². The van der Waals surface area contributed by atoms with E-state index in [-0.39, 0.29) is 24.3 Å². The lowest BCUT2D eigenvalue weighted by Crippen LogP contribution is -2.48. The summed E-state index contributed by atoms with van der Waals surface area (Å²) in [4.78, 5) is 10.9. The first-order valence-corrected chi connectivity index (χ1v) is 4.34. The number of hydrogen-bond donors (Lipinski definition) is 2. The molecule has 0 atom stereocenters. The third-order valence-electron chi connectivity index (χ3n) is 2.01. The third kappa shape index (κ3) is 2.34. The Morgan fingerprint density at radius 2 is 2.00 bits per heavy atom. The minimum Gasteiger partial charge on any atom is -0.393 e. The summed E-state index contributed by atoms with van der Waals surface area (Å²) in [5.74, 6) is -0.771. The van der Waals surface area contributed by atoms with Crippen molar-refractivity contribution in [2.75, 3.05) is 0 Å². The van der Waals surface area contributed by atoms with Crippen LogP contribution in [-0.2, 0) is 4.79 Å². The van der Waals surface area contributed by atoms with E-state index in [0.29, 0.717) is 0 Å². The second-order valence-electron chi connectivity index (χ2n) is 3.27. The van der Waals surface area contributed by atoms with E-state index in [9.17, 15) is 18.0 Å². The highest BCUT2D eigenvalue weighted by atomic mass is 32.1. The van der Waals surface area contributed by atoms with Gasteiger partial charge in [-0.05, 0) is 12.8 Å². The largest absolute Gasteiger partial charge is 0.411 e. The average molecular weight is 226 g/mol. The molecule has 0 unspecified atom stereocenters. The van der Waals surface area contributed by atoms with Crippen LogP contribution in [0.5, 0.6) is 0 Å². The number of alkyl halides is 3. The number of rotatable bonds is 3. The van der Waals surface area contributed by atoms with Crippen molar-refractivity contribution in [2.45, 2.75) is 31.0 Å². The van der Waals surface area contributed by atoms with Gasteiger partial charge in [-0.15, -0.1) is 0 Å². The van der Waals surface area contributed by atoms with Crippen LogP contribution < -0.4 is 11.1 Å². The Morgan fingerprint density at radius 1 is 1.50 bits per heavy atom. The molecule has 1 amide bonds. The first-order valence-electron chi connectivity index (χ1n) is 3.93. The molecule has 3 nitrogen and oxygen atoms in total. The molecule has 1 aliphatic carbocycles. The molecular weight excluding hydrogens is 217 g/mol. The van der Waals surface area contributed by atoms with Crippen LogP contribution in [0.1, 0.15) is 19.3 Å². The van der Waals surface area contributed by atoms with Crippen molar-refractivity contribution in [1.82, 2.24) is 5.32 Å². The van der Waals surface area contributed by atoms with E-state index in [1.54, 1.807) is 0 Å². The summed E-state index contributed by atoms with van der Waals surface area (Å²) in [5, 5.41) is 1.91. The molecule has 0 bridgehead atoms. The molecule has 0 aromatic rings. The fourth-order valence-corrected chi connectivity index (χ4v) is 1.20. The van der Waals surface area contributed by atoms with Crippen LogP contribution in [0.3, 0.4) is 0 Å². The van der Waals surface area contributed by atoms with Crippen LogP contribution in [0.4, 0.5) is 13.2 Å². The Hall–Kier alpha value is -0.850. The van der Waals surface area contributed by atoms with E-state index in [2.05, 4.69) is 12.2 Å². The molecule has 1 rings (SSSR count). The van der Waals surface area contributed by atoms with Crippen LogP contribution in [0.25, 0.3) is 0 Å². The minimum atomic E-state index is -4.39. The van der Waals surface area contributed by atoms with Crippen molar-refractivity contribution in [3.63, 3.8) is 0 Å². The van der Waals surface area contributed by atoms with Gasteiger partial charge in [0.25, 0.3) is 0 Å². The number of amides is 1. The highest BCUT2D eigenvalue weighted by Gasteiger charge is 2.64. The van der Waals surface area contributed by atoms with E-state index in [0.717, 1.165) is 0 Å². The summed E-state index contributed by atoms with van der Waals surface area (Å²) in [6.07, 6.45) is -4.87. The molecule has 0 aromatic carbocycles. The van der Waals surface area contributed by atoms with Gasteiger partial charge in [-0.2, -0.15) is 13.2 Å². The van der Waals surface area contributed by atoms with Crippen molar-refractivity contribution < 1.29 is 18.0 Å². The molecule has 0 radical (unpaired) electrons. The molecule has 3 N–H and O–H groups in total. The standard InChI is InChI=1S/C7H9F3N2OS/c8-7(9,10)6(1-2-6)12-5(13)3-4(11)14/h1-3H2,(H2,11,14)(H,12,13). The molecule has 1 fully saturated rings. The second-order valence-corrected chi connectivity index (χ2v) is 3.80. The normalized spacial score (nSPS) is 18.8. The Bertz CT molecular complexity index is 273. The monoisotopic (exact) mass is 226 g/mol. The van der Waals surface area contributed by atoms with Gasteiger partial charge in [0.1, 0.15) is 5.54 Å². The Morgan fingerprint density at radius 3 is 2.29 bits per heavy atom. The zero-order chi connectivity index (χ0) is 11.0. The molecule has 0 aliphatic heterocycles. The first kappa shape index (κ1) is 11.2. The number of carbonyl (C=O) groups excluding carboxylic acids is 1. The summed E-state index contributed by atoms with van der Waals surface area (Å²) in [5.41, 5.74) is 3.01. The zero-order valence-electron chi connectivity index (χ0n) is 7.15. The van der Waals surface area contributed by atoms with Crippen molar-refractivity contribution >= 4 is 23.1 Å². The summed E-state index contributed by atoms with van der Waals surface area (Å²) in [6, 6.07) is 0.